The van der Waals surface area contributed by atoms with Gasteiger partial charge < -0.3 is 5.32 Å². The number of carbonyl (C=O) groups excluding carboxylic acids is 1. The van der Waals surface area contributed by atoms with Gasteiger partial charge in [-0.1, -0.05) is 0 Å². The Hall–Kier alpha value is -0.420. The third-order valence-electron chi connectivity index (χ3n) is 1.38. The van der Waals surface area contributed by atoms with E-state index in [0.717, 1.165) is 0 Å². The molecule has 6 heteroatoms. The predicted molar refractivity (Wildman–Crippen MR) is 37.8 cm³/mol. The number of hydrogen-bond donors (Lipinski definition) is 2. The molecule has 0 radical (unpaired) electrons. The SMILES string of the molecule is Cl.O=CN[C@H]1CC(F)(F)CN1. The van der Waals surface area contributed by atoms with E-state index in [2.05, 4.69) is 10.6 Å². The minimum absolute atomic E-state index is 0. The Kier molecular flexibility index (Phi) is 3.68. The molecule has 1 heterocycles. The Morgan fingerprint density at radius 1 is 1.64 bits per heavy atom. The number of carbonyl (C=O) groups is 1. The minimum Gasteiger partial charge on any atom is -0.343 e. The highest BCUT2D eigenvalue weighted by atomic mass is 35.5. The van der Waals surface area contributed by atoms with Gasteiger partial charge in [0, 0.05) is 6.42 Å². The number of hydrogen-bond acceptors (Lipinski definition) is 2. The summed E-state index contributed by atoms with van der Waals surface area (Å²) in [7, 11) is 0. The van der Waals surface area contributed by atoms with Crippen molar-refractivity contribution in [2.45, 2.75) is 18.5 Å². The first-order chi connectivity index (χ1) is 4.64. The molecule has 66 valence electrons. The van der Waals surface area contributed by atoms with Crippen LogP contribution in [-0.2, 0) is 4.79 Å². The van der Waals surface area contributed by atoms with Gasteiger partial charge in [-0.25, -0.2) is 8.78 Å². The van der Waals surface area contributed by atoms with Crippen LogP contribution in [0.15, 0.2) is 0 Å². The number of rotatable bonds is 2. The predicted octanol–water partition coefficient (Wildman–Crippen LogP) is 0.109. The number of nitrogens with one attached hydrogen (secondary N) is 2. The molecular weight excluding hydrogens is 178 g/mol. The second-order valence-corrected chi connectivity index (χ2v) is 2.28. The second-order valence-electron chi connectivity index (χ2n) is 2.28. The molecule has 1 saturated heterocycles. The van der Waals surface area contributed by atoms with Crippen molar-refractivity contribution in [2.75, 3.05) is 6.54 Å². The lowest BCUT2D eigenvalue weighted by Gasteiger charge is -2.06. The largest absolute Gasteiger partial charge is 0.343 e. The van der Waals surface area contributed by atoms with Crippen molar-refractivity contribution in [1.82, 2.24) is 10.6 Å². The van der Waals surface area contributed by atoms with Crippen LogP contribution in [0.3, 0.4) is 0 Å². The Labute approximate surface area is 68.9 Å². The quantitative estimate of drug-likeness (QED) is 0.601. The zero-order chi connectivity index (χ0) is 7.61. The van der Waals surface area contributed by atoms with Gasteiger partial charge in [0.05, 0.1) is 12.7 Å². The van der Waals surface area contributed by atoms with Gasteiger partial charge in [0.1, 0.15) is 0 Å². The molecule has 0 saturated carbocycles. The fourth-order valence-corrected chi connectivity index (χ4v) is 0.915. The zero-order valence-electron chi connectivity index (χ0n) is 5.64. The molecule has 0 spiro atoms. The molecule has 0 aliphatic carbocycles. The summed E-state index contributed by atoms with van der Waals surface area (Å²) in [6.45, 7) is -0.349. The van der Waals surface area contributed by atoms with Gasteiger partial charge in [-0.3, -0.25) is 10.1 Å². The van der Waals surface area contributed by atoms with Crippen LogP contribution >= 0.6 is 12.4 Å². The van der Waals surface area contributed by atoms with Gasteiger partial charge >= 0.3 is 0 Å². The highest BCUT2D eigenvalue weighted by Crippen LogP contribution is 2.23. The second kappa shape index (κ2) is 3.82. The molecule has 2 N–H and O–H groups in total. The van der Waals surface area contributed by atoms with Crippen LogP contribution in [0, 0.1) is 0 Å². The van der Waals surface area contributed by atoms with E-state index < -0.39 is 12.1 Å². The summed E-state index contributed by atoms with van der Waals surface area (Å²) in [4.78, 5) is 9.78. The Bertz CT molecular complexity index is 144. The molecule has 1 atom stereocenters. The zero-order valence-corrected chi connectivity index (χ0v) is 6.46. The van der Waals surface area contributed by atoms with Gasteiger partial charge in [-0.15, -0.1) is 12.4 Å². The summed E-state index contributed by atoms with van der Waals surface area (Å²) in [5.41, 5.74) is 0. The van der Waals surface area contributed by atoms with Gasteiger partial charge in [-0.05, 0) is 0 Å². The van der Waals surface area contributed by atoms with Gasteiger partial charge in [0.15, 0.2) is 0 Å². The van der Waals surface area contributed by atoms with Crippen LogP contribution in [0.1, 0.15) is 6.42 Å². The monoisotopic (exact) mass is 186 g/mol. The van der Waals surface area contributed by atoms with Crippen molar-refractivity contribution in [1.29, 1.82) is 0 Å². The first-order valence-electron chi connectivity index (χ1n) is 2.95. The molecular formula is C5H9ClF2N2O. The van der Waals surface area contributed by atoms with Crippen molar-refractivity contribution in [3.63, 3.8) is 0 Å². The molecule has 0 unspecified atom stereocenters. The van der Waals surface area contributed by atoms with E-state index in [0.29, 0.717) is 6.41 Å². The van der Waals surface area contributed by atoms with Crippen LogP contribution < -0.4 is 10.6 Å². The summed E-state index contributed by atoms with van der Waals surface area (Å²) in [5, 5.41) is 4.68. The van der Waals surface area contributed by atoms with Crippen LogP contribution in [0.25, 0.3) is 0 Å². The maximum atomic E-state index is 12.3. The molecule has 1 rings (SSSR count). The van der Waals surface area contributed by atoms with Crippen molar-refractivity contribution < 1.29 is 13.6 Å². The molecule has 1 fully saturated rings. The molecule has 0 bridgehead atoms. The van der Waals surface area contributed by atoms with E-state index in [1.54, 1.807) is 0 Å². The van der Waals surface area contributed by atoms with Crippen LogP contribution in [0.4, 0.5) is 8.78 Å². The Balaban J connectivity index is 0.000001000. The molecule has 1 aliphatic heterocycles. The summed E-state index contributed by atoms with van der Waals surface area (Å²) in [6.07, 6.45) is -0.461. The van der Waals surface area contributed by atoms with E-state index in [9.17, 15) is 13.6 Å². The van der Waals surface area contributed by atoms with Crippen LogP contribution in [0.2, 0.25) is 0 Å². The summed E-state index contributed by atoms with van der Waals surface area (Å²) in [6, 6.07) is 0. The lowest BCUT2D eigenvalue weighted by molar-refractivity contribution is -0.110. The average Bonchev–Trinajstić information content (AvgIpc) is 2.12. The van der Waals surface area contributed by atoms with Crippen LogP contribution in [-0.4, -0.2) is 25.0 Å². The molecule has 0 aromatic carbocycles. The number of amides is 1. The normalized spacial score (nSPS) is 27.3. The van der Waals surface area contributed by atoms with Crippen molar-refractivity contribution in [3.8, 4) is 0 Å². The van der Waals surface area contributed by atoms with Gasteiger partial charge in [0.25, 0.3) is 5.92 Å². The highest BCUT2D eigenvalue weighted by molar-refractivity contribution is 5.85. The minimum atomic E-state index is -2.67. The third kappa shape index (κ3) is 2.98. The van der Waals surface area contributed by atoms with E-state index >= 15 is 0 Å². The summed E-state index contributed by atoms with van der Waals surface area (Å²) in [5.74, 6) is -2.67. The first kappa shape index (κ1) is 10.6. The fraction of sp³-hybridized carbons (Fsp3) is 0.800. The Morgan fingerprint density at radius 3 is 2.64 bits per heavy atom. The smallest absolute Gasteiger partial charge is 0.263 e. The van der Waals surface area contributed by atoms with Crippen LogP contribution in [0.5, 0.6) is 0 Å². The maximum absolute atomic E-state index is 12.3. The summed E-state index contributed by atoms with van der Waals surface area (Å²) >= 11 is 0. The topological polar surface area (TPSA) is 41.1 Å². The van der Waals surface area contributed by atoms with E-state index in [1.807, 2.05) is 0 Å². The average molecular weight is 187 g/mol. The van der Waals surface area contributed by atoms with E-state index in [1.165, 1.54) is 0 Å². The lowest BCUT2D eigenvalue weighted by atomic mass is 10.3. The molecule has 0 aromatic rings. The Morgan fingerprint density at radius 2 is 2.27 bits per heavy atom. The molecule has 1 aliphatic rings. The molecule has 1 amide bonds. The molecule has 3 nitrogen and oxygen atoms in total. The van der Waals surface area contributed by atoms with Gasteiger partial charge in [0.2, 0.25) is 6.41 Å². The number of halogens is 3. The maximum Gasteiger partial charge on any atom is 0.263 e. The van der Waals surface area contributed by atoms with E-state index in [-0.39, 0.29) is 25.4 Å². The van der Waals surface area contributed by atoms with Crippen molar-refractivity contribution in [3.05, 3.63) is 0 Å². The first-order valence-corrected chi connectivity index (χ1v) is 2.95. The molecule has 11 heavy (non-hydrogen) atoms. The molecule has 0 aromatic heterocycles. The van der Waals surface area contributed by atoms with Crippen molar-refractivity contribution in [2.24, 2.45) is 0 Å². The standard InChI is InChI=1S/C5H8F2N2O.ClH/c6-5(7)1-4(8-2-5)9-3-10;/h3-4,8H,1-2H2,(H,9,10);1H/t4-;/m0./s1. The number of alkyl halides is 2. The van der Waals surface area contributed by atoms with Crippen molar-refractivity contribution >= 4 is 18.8 Å². The highest BCUT2D eigenvalue weighted by Gasteiger charge is 2.38. The fourth-order valence-electron chi connectivity index (χ4n) is 0.915. The lowest BCUT2D eigenvalue weighted by Crippen LogP contribution is -2.35. The van der Waals surface area contributed by atoms with Gasteiger partial charge in [-0.2, -0.15) is 0 Å². The third-order valence-corrected chi connectivity index (χ3v) is 1.38. The van der Waals surface area contributed by atoms with E-state index in [4.69, 9.17) is 0 Å². The summed E-state index contributed by atoms with van der Waals surface area (Å²) < 4.78 is 24.6.